The smallest absolute Gasteiger partial charge is 0.171 e. The molecule has 1 fully saturated rings. The molecule has 0 amide bonds. The van der Waals surface area contributed by atoms with E-state index in [1.807, 2.05) is 19.1 Å². The lowest BCUT2D eigenvalue weighted by Crippen LogP contribution is -2.49. The highest BCUT2D eigenvalue weighted by atomic mass is 35.5. The van der Waals surface area contributed by atoms with Crippen molar-refractivity contribution in [3.05, 3.63) is 62.6 Å². The Balaban J connectivity index is 1.72. The minimum atomic E-state index is -0.583. The van der Waals surface area contributed by atoms with Crippen LogP contribution in [-0.2, 0) is 11.3 Å². The van der Waals surface area contributed by atoms with Crippen LogP contribution in [0.3, 0.4) is 0 Å². The Hall–Kier alpha value is -1.59. The van der Waals surface area contributed by atoms with Crippen LogP contribution in [0.4, 0.5) is 5.69 Å². The summed E-state index contributed by atoms with van der Waals surface area (Å²) in [6.07, 6.45) is 2.11. The predicted molar refractivity (Wildman–Crippen MR) is 124 cm³/mol. The van der Waals surface area contributed by atoms with Crippen LogP contribution in [0.15, 0.2) is 36.4 Å². The van der Waals surface area contributed by atoms with Crippen LogP contribution in [-0.4, -0.2) is 35.1 Å². The third kappa shape index (κ3) is 5.00. The second kappa shape index (κ2) is 9.69. The van der Waals surface area contributed by atoms with Gasteiger partial charge in [0, 0.05) is 29.2 Å². The van der Waals surface area contributed by atoms with E-state index in [1.165, 1.54) is 0 Å². The van der Waals surface area contributed by atoms with E-state index in [-0.39, 0.29) is 18.1 Å². The lowest BCUT2D eigenvalue weighted by molar-refractivity contribution is -0.127. The van der Waals surface area contributed by atoms with Gasteiger partial charge in [-0.3, -0.25) is 14.5 Å². The monoisotopic (exact) mass is 466 g/mol. The normalized spacial score (nSPS) is 19.1. The maximum absolute atomic E-state index is 13.2. The molecular formula is C23H25Cl3N2O2. The average Bonchev–Trinajstić information content (AvgIpc) is 3.10. The van der Waals surface area contributed by atoms with Crippen molar-refractivity contribution in [1.29, 1.82) is 0 Å². The fraction of sp³-hybridized carbons (Fsp3) is 0.391. The first-order valence-electron chi connectivity index (χ1n) is 10.0. The number of nitrogens with zero attached hydrogens (tertiary/aromatic N) is 1. The predicted octanol–water partition coefficient (Wildman–Crippen LogP) is 6.28. The fourth-order valence-electron chi connectivity index (χ4n) is 3.90. The van der Waals surface area contributed by atoms with Gasteiger partial charge in [0.15, 0.2) is 11.6 Å². The van der Waals surface area contributed by atoms with E-state index in [2.05, 4.69) is 10.2 Å². The molecule has 0 spiro atoms. The molecule has 0 bridgehead atoms. The van der Waals surface area contributed by atoms with Crippen molar-refractivity contribution in [2.45, 2.75) is 45.2 Å². The second-order valence-electron chi connectivity index (χ2n) is 7.79. The summed E-state index contributed by atoms with van der Waals surface area (Å²) in [4.78, 5) is 27.7. The molecule has 0 aliphatic carbocycles. The third-order valence-electron chi connectivity index (χ3n) is 5.79. The number of carbonyl (C=O) groups is 2. The van der Waals surface area contributed by atoms with Gasteiger partial charge in [-0.1, -0.05) is 47.8 Å². The Morgan fingerprint density at radius 1 is 1.10 bits per heavy atom. The summed E-state index contributed by atoms with van der Waals surface area (Å²) >= 11 is 18.2. The molecular weight excluding hydrogens is 443 g/mol. The molecule has 1 atom stereocenters. The molecule has 0 saturated carbocycles. The fourth-order valence-corrected chi connectivity index (χ4v) is 4.40. The van der Waals surface area contributed by atoms with Gasteiger partial charge in [0.25, 0.3) is 0 Å². The topological polar surface area (TPSA) is 49.4 Å². The van der Waals surface area contributed by atoms with E-state index < -0.39 is 5.54 Å². The summed E-state index contributed by atoms with van der Waals surface area (Å²) in [7, 11) is 0. The summed E-state index contributed by atoms with van der Waals surface area (Å²) in [5.74, 6) is 0.0747. The van der Waals surface area contributed by atoms with Crippen LogP contribution < -0.4 is 5.32 Å². The first-order valence-corrected chi connectivity index (χ1v) is 11.2. The van der Waals surface area contributed by atoms with E-state index in [1.54, 1.807) is 31.2 Å². The van der Waals surface area contributed by atoms with Crippen LogP contribution in [0.2, 0.25) is 15.1 Å². The highest BCUT2D eigenvalue weighted by Crippen LogP contribution is 2.33. The number of halogens is 3. The van der Waals surface area contributed by atoms with Crippen molar-refractivity contribution in [2.75, 3.05) is 18.4 Å². The summed E-state index contributed by atoms with van der Waals surface area (Å²) in [5, 5.41) is 4.70. The zero-order valence-corrected chi connectivity index (χ0v) is 19.4. The van der Waals surface area contributed by atoms with Crippen LogP contribution in [0.1, 0.15) is 49.0 Å². The minimum Gasteiger partial charge on any atom is -0.377 e. The highest BCUT2D eigenvalue weighted by Gasteiger charge is 2.42. The Bertz CT molecular complexity index is 963. The Kier molecular flexibility index (Phi) is 7.46. The quantitative estimate of drug-likeness (QED) is 0.464. The van der Waals surface area contributed by atoms with Gasteiger partial charge in [0.05, 0.1) is 22.1 Å². The molecule has 1 saturated heterocycles. The molecule has 1 aliphatic heterocycles. The number of carbonyl (C=O) groups excluding carboxylic acids is 2. The van der Waals surface area contributed by atoms with Gasteiger partial charge in [-0.25, -0.2) is 0 Å². The van der Waals surface area contributed by atoms with Gasteiger partial charge in [-0.15, -0.1) is 0 Å². The zero-order valence-electron chi connectivity index (χ0n) is 17.1. The Morgan fingerprint density at radius 2 is 1.87 bits per heavy atom. The van der Waals surface area contributed by atoms with Crippen LogP contribution in [0.5, 0.6) is 0 Å². The van der Waals surface area contributed by atoms with E-state index in [0.29, 0.717) is 39.3 Å². The van der Waals surface area contributed by atoms with Crippen LogP contribution >= 0.6 is 34.8 Å². The molecule has 160 valence electrons. The van der Waals surface area contributed by atoms with Crippen molar-refractivity contribution in [1.82, 2.24) is 4.90 Å². The molecule has 3 rings (SSSR count). The summed E-state index contributed by atoms with van der Waals surface area (Å²) in [6, 6.07) is 10.7. The molecule has 0 aromatic heterocycles. The molecule has 0 unspecified atom stereocenters. The first-order chi connectivity index (χ1) is 14.2. The number of rotatable bonds is 8. The van der Waals surface area contributed by atoms with E-state index in [9.17, 15) is 9.59 Å². The average molecular weight is 468 g/mol. The summed E-state index contributed by atoms with van der Waals surface area (Å²) < 4.78 is 0. The van der Waals surface area contributed by atoms with Gasteiger partial charge in [-0.2, -0.15) is 0 Å². The van der Waals surface area contributed by atoms with Gasteiger partial charge in [0.2, 0.25) is 0 Å². The van der Waals surface area contributed by atoms with E-state index in [4.69, 9.17) is 34.8 Å². The molecule has 2 aromatic carbocycles. The molecule has 2 aromatic rings. The molecule has 1 heterocycles. The number of nitrogens with one attached hydrogen (secondary N) is 1. The van der Waals surface area contributed by atoms with Gasteiger partial charge < -0.3 is 5.32 Å². The van der Waals surface area contributed by atoms with Crippen molar-refractivity contribution in [3.63, 3.8) is 0 Å². The van der Waals surface area contributed by atoms with E-state index >= 15 is 0 Å². The number of anilines is 1. The number of benzene rings is 2. The standard InChI is InChI=1S/C23H25Cl3N2O2/c1-3-21(29)17-12-16(24)6-8-20(17)27-13-22(30)23(2)9-4-10-28(23)14-15-5-7-18(25)19(26)11-15/h5-8,11-12,27H,3-4,9-10,13-14H2,1-2H3/t23-/m1/s1. The van der Waals surface area contributed by atoms with Crippen molar-refractivity contribution in [3.8, 4) is 0 Å². The number of hydrogen-bond donors (Lipinski definition) is 1. The summed E-state index contributed by atoms with van der Waals surface area (Å²) in [6.45, 7) is 5.39. The number of Topliss-reactive ketones (excluding diaryl/α,β-unsaturated/α-hetero) is 2. The molecule has 30 heavy (non-hydrogen) atoms. The van der Waals surface area contributed by atoms with Crippen LogP contribution in [0, 0.1) is 0 Å². The molecule has 0 radical (unpaired) electrons. The third-order valence-corrected chi connectivity index (χ3v) is 6.76. The second-order valence-corrected chi connectivity index (χ2v) is 9.04. The highest BCUT2D eigenvalue weighted by molar-refractivity contribution is 6.42. The summed E-state index contributed by atoms with van der Waals surface area (Å²) in [5.41, 5.74) is 1.59. The van der Waals surface area contributed by atoms with Crippen molar-refractivity contribution < 1.29 is 9.59 Å². The molecule has 1 N–H and O–H groups in total. The zero-order chi connectivity index (χ0) is 21.9. The van der Waals surface area contributed by atoms with E-state index in [0.717, 1.165) is 24.9 Å². The largest absolute Gasteiger partial charge is 0.377 e. The van der Waals surface area contributed by atoms with Gasteiger partial charge >= 0.3 is 0 Å². The number of likely N-dealkylation sites (tertiary alicyclic amines) is 1. The molecule has 4 nitrogen and oxygen atoms in total. The lowest BCUT2D eigenvalue weighted by Gasteiger charge is -2.34. The van der Waals surface area contributed by atoms with Gasteiger partial charge in [0.1, 0.15) is 0 Å². The van der Waals surface area contributed by atoms with Crippen molar-refractivity contribution in [2.24, 2.45) is 0 Å². The number of hydrogen-bond acceptors (Lipinski definition) is 4. The van der Waals surface area contributed by atoms with Gasteiger partial charge in [-0.05, 0) is 62.2 Å². The first kappa shape index (κ1) is 23.1. The minimum absolute atomic E-state index is 0.0132. The Labute approximate surface area is 192 Å². The molecule has 1 aliphatic rings. The van der Waals surface area contributed by atoms with Crippen molar-refractivity contribution >= 4 is 52.1 Å². The maximum Gasteiger partial charge on any atom is 0.171 e. The Morgan fingerprint density at radius 3 is 2.57 bits per heavy atom. The maximum atomic E-state index is 13.2. The van der Waals surface area contributed by atoms with Crippen LogP contribution in [0.25, 0.3) is 0 Å². The molecule has 7 heteroatoms. The SMILES string of the molecule is CCC(=O)c1cc(Cl)ccc1NCC(=O)[C@@]1(C)CCCN1Cc1ccc(Cl)c(Cl)c1. The lowest BCUT2D eigenvalue weighted by atomic mass is 9.92. The number of ketones is 2.